The molecule has 0 aliphatic carbocycles. The molecule has 0 unspecified atom stereocenters. The van der Waals surface area contributed by atoms with Crippen molar-refractivity contribution >= 4 is 23.6 Å². The van der Waals surface area contributed by atoms with Crippen LogP contribution in [-0.4, -0.2) is 23.6 Å². The number of hydrogen-bond acceptors (Lipinski definition) is 4. The van der Waals surface area contributed by atoms with Crippen molar-refractivity contribution in [2.45, 2.75) is 103 Å². The number of unbranched alkanes of at least 4 members (excludes halogenated alkanes) is 12. The summed E-state index contributed by atoms with van der Waals surface area (Å²) in [6.07, 6.45) is 14.9. The van der Waals surface area contributed by atoms with Crippen molar-refractivity contribution in [1.29, 1.82) is 0 Å². The number of rotatable bonds is 18. The Morgan fingerprint density at radius 3 is 1.16 bits per heavy atom. The Balaban J connectivity index is 1.31. The van der Waals surface area contributed by atoms with E-state index in [4.69, 9.17) is 0 Å². The first-order valence-electron chi connectivity index (χ1n) is 15.8. The van der Waals surface area contributed by atoms with E-state index in [-0.39, 0.29) is 23.6 Å². The van der Waals surface area contributed by atoms with Crippen LogP contribution in [0.1, 0.15) is 123 Å². The Kier molecular flexibility index (Phi) is 19.4. The fourth-order valence-corrected chi connectivity index (χ4v) is 4.33. The van der Waals surface area contributed by atoms with Gasteiger partial charge < -0.3 is 0 Å². The van der Waals surface area contributed by atoms with E-state index < -0.39 is 0 Å². The molecule has 8 heteroatoms. The van der Waals surface area contributed by atoms with Crippen LogP contribution in [0.15, 0.2) is 60.7 Å². The lowest BCUT2D eigenvalue weighted by Crippen LogP contribution is -2.41. The molecule has 4 amide bonds. The molecule has 2 rings (SSSR count). The van der Waals surface area contributed by atoms with Crippen molar-refractivity contribution in [3.05, 3.63) is 71.8 Å². The SMILES string of the molecule is O=C(CCCCCCCCC#CC#CCCCCCCCCC(=O)NNC(=O)c1ccccc1)NNC(=O)c1ccccc1. The summed E-state index contributed by atoms with van der Waals surface area (Å²) >= 11 is 0. The van der Waals surface area contributed by atoms with E-state index in [0.29, 0.717) is 24.0 Å². The predicted molar refractivity (Wildman–Crippen MR) is 174 cm³/mol. The highest BCUT2D eigenvalue weighted by molar-refractivity contribution is 5.95. The Hall–Kier alpha value is -4.56. The Morgan fingerprint density at radius 2 is 0.773 bits per heavy atom. The van der Waals surface area contributed by atoms with Crippen molar-refractivity contribution in [2.75, 3.05) is 0 Å². The molecule has 4 N–H and O–H groups in total. The van der Waals surface area contributed by atoms with Crippen molar-refractivity contribution in [2.24, 2.45) is 0 Å². The fourth-order valence-electron chi connectivity index (χ4n) is 4.33. The van der Waals surface area contributed by atoms with E-state index >= 15 is 0 Å². The van der Waals surface area contributed by atoms with Gasteiger partial charge in [-0.15, -0.1) is 0 Å². The van der Waals surface area contributed by atoms with Gasteiger partial charge in [0.25, 0.3) is 11.8 Å². The molecule has 44 heavy (non-hydrogen) atoms. The van der Waals surface area contributed by atoms with Crippen LogP contribution < -0.4 is 21.7 Å². The summed E-state index contributed by atoms with van der Waals surface area (Å²) in [5.41, 5.74) is 10.8. The van der Waals surface area contributed by atoms with Gasteiger partial charge in [-0.05, 0) is 61.8 Å². The second-order valence-corrected chi connectivity index (χ2v) is 10.6. The zero-order chi connectivity index (χ0) is 31.5. The molecule has 0 spiro atoms. The summed E-state index contributed by atoms with van der Waals surface area (Å²) in [6.45, 7) is 0. The molecular formula is C36H46N4O4. The monoisotopic (exact) mass is 598 g/mol. The lowest BCUT2D eigenvalue weighted by molar-refractivity contribution is -0.122. The van der Waals surface area contributed by atoms with Crippen LogP contribution in [0.2, 0.25) is 0 Å². The molecule has 0 atom stereocenters. The molecule has 234 valence electrons. The number of carbonyl (C=O) groups is 4. The van der Waals surface area contributed by atoms with Crippen molar-refractivity contribution in [3.63, 3.8) is 0 Å². The van der Waals surface area contributed by atoms with Crippen LogP contribution in [0.5, 0.6) is 0 Å². The van der Waals surface area contributed by atoms with Gasteiger partial charge in [-0.3, -0.25) is 40.9 Å². The third-order valence-corrected chi connectivity index (χ3v) is 6.85. The molecule has 0 aromatic heterocycles. The molecule has 0 aliphatic rings. The number of benzene rings is 2. The topological polar surface area (TPSA) is 116 Å². The van der Waals surface area contributed by atoms with Gasteiger partial charge in [0, 0.05) is 36.8 Å². The fraction of sp³-hybridized carbons (Fsp3) is 0.444. The van der Waals surface area contributed by atoms with Crippen LogP contribution in [0, 0.1) is 23.7 Å². The predicted octanol–water partition coefficient (Wildman–Crippen LogP) is 6.16. The van der Waals surface area contributed by atoms with Gasteiger partial charge in [0.1, 0.15) is 0 Å². The third kappa shape index (κ3) is 18.1. The van der Waals surface area contributed by atoms with Gasteiger partial charge in [0.2, 0.25) is 11.8 Å². The highest BCUT2D eigenvalue weighted by atomic mass is 16.2. The molecule has 0 radical (unpaired) electrons. The summed E-state index contributed by atoms with van der Waals surface area (Å²) < 4.78 is 0. The second kappa shape index (κ2) is 23.9. The molecule has 2 aromatic carbocycles. The van der Waals surface area contributed by atoms with Gasteiger partial charge in [0.05, 0.1) is 0 Å². The Morgan fingerprint density at radius 1 is 0.432 bits per heavy atom. The van der Waals surface area contributed by atoms with Crippen LogP contribution in [0.25, 0.3) is 0 Å². The zero-order valence-electron chi connectivity index (χ0n) is 25.7. The van der Waals surface area contributed by atoms with Gasteiger partial charge in [-0.1, -0.05) is 99.6 Å². The number of hydrogen-bond donors (Lipinski definition) is 4. The summed E-state index contributed by atoms with van der Waals surface area (Å²) in [5, 5.41) is 0. The molecule has 0 bridgehead atoms. The lowest BCUT2D eigenvalue weighted by Gasteiger charge is -2.07. The maximum Gasteiger partial charge on any atom is 0.269 e. The molecule has 2 aromatic rings. The maximum atomic E-state index is 11.9. The van der Waals surface area contributed by atoms with Gasteiger partial charge in [0.15, 0.2) is 0 Å². The molecule has 0 fully saturated rings. The first kappa shape index (κ1) is 35.6. The minimum absolute atomic E-state index is 0.173. The molecule has 0 saturated carbocycles. The smallest absolute Gasteiger partial charge is 0.269 e. The standard InChI is InChI=1S/C36H46N4O4/c41-33(37-39-35(43)31-25-19-17-20-26-31)29-23-15-13-11-9-7-5-3-1-2-4-6-8-10-12-14-16-24-30-34(42)38-40-36(44)32-27-21-18-22-28-32/h17-22,25-28H,5-16,23-24,29-30H2,(H,37,41)(H,38,42)(H,39,43)(H,40,44). The summed E-state index contributed by atoms with van der Waals surface area (Å²) in [6, 6.07) is 17.6. The average molecular weight is 599 g/mol. The summed E-state index contributed by atoms with van der Waals surface area (Å²) in [7, 11) is 0. The number of nitrogens with one attached hydrogen (secondary N) is 4. The minimum atomic E-state index is -0.318. The Labute approximate surface area is 262 Å². The quantitative estimate of drug-likeness (QED) is 0.0935. The molecule has 0 aliphatic heterocycles. The van der Waals surface area contributed by atoms with Crippen molar-refractivity contribution in [1.82, 2.24) is 21.7 Å². The number of carbonyl (C=O) groups excluding carboxylic acids is 4. The van der Waals surface area contributed by atoms with Crippen molar-refractivity contribution < 1.29 is 19.2 Å². The molecule has 0 saturated heterocycles. The lowest BCUT2D eigenvalue weighted by atomic mass is 10.1. The van der Waals surface area contributed by atoms with Crippen LogP contribution in [0.4, 0.5) is 0 Å². The average Bonchev–Trinajstić information content (AvgIpc) is 3.05. The van der Waals surface area contributed by atoms with Crippen molar-refractivity contribution in [3.8, 4) is 23.7 Å². The number of amides is 4. The second-order valence-electron chi connectivity index (χ2n) is 10.6. The van der Waals surface area contributed by atoms with E-state index in [0.717, 1.165) is 89.9 Å². The highest BCUT2D eigenvalue weighted by Crippen LogP contribution is 2.09. The first-order chi connectivity index (χ1) is 21.6. The van der Waals surface area contributed by atoms with Gasteiger partial charge >= 0.3 is 0 Å². The molecule has 8 nitrogen and oxygen atoms in total. The van der Waals surface area contributed by atoms with E-state index in [1.54, 1.807) is 48.5 Å². The molecular weight excluding hydrogens is 552 g/mol. The van der Waals surface area contributed by atoms with Gasteiger partial charge in [-0.25, -0.2) is 0 Å². The Bertz CT molecular complexity index is 1160. The number of hydrazine groups is 2. The van der Waals surface area contributed by atoms with Crippen LogP contribution in [0.3, 0.4) is 0 Å². The normalized spacial score (nSPS) is 9.91. The molecule has 0 heterocycles. The third-order valence-electron chi connectivity index (χ3n) is 6.85. The largest absolute Gasteiger partial charge is 0.273 e. The first-order valence-corrected chi connectivity index (χ1v) is 15.8. The van der Waals surface area contributed by atoms with Crippen LogP contribution >= 0.6 is 0 Å². The summed E-state index contributed by atoms with van der Waals surface area (Å²) in [5.74, 6) is 11.2. The zero-order valence-corrected chi connectivity index (χ0v) is 25.7. The highest BCUT2D eigenvalue weighted by Gasteiger charge is 2.07. The van der Waals surface area contributed by atoms with Crippen LogP contribution in [-0.2, 0) is 9.59 Å². The van der Waals surface area contributed by atoms with Gasteiger partial charge in [-0.2, -0.15) is 0 Å². The summed E-state index contributed by atoms with van der Waals surface area (Å²) in [4.78, 5) is 47.6. The van der Waals surface area contributed by atoms with E-state index in [9.17, 15) is 19.2 Å². The maximum absolute atomic E-state index is 11.9. The minimum Gasteiger partial charge on any atom is -0.273 e. The van der Waals surface area contributed by atoms with E-state index in [2.05, 4.69) is 45.4 Å². The van der Waals surface area contributed by atoms with E-state index in [1.807, 2.05) is 12.1 Å². The van der Waals surface area contributed by atoms with E-state index in [1.165, 1.54) is 0 Å².